The van der Waals surface area contributed by atoms with Gasteiger partial charge in [-0.3, -0.25) is 4.55 Å². The molecule has 0 amide bonds. The zero-order chi connectivity index (χ0) is 30.8. The average Bonchev–Trinajstić information content (AvgIpc) is 2.86. The van der Waals surface area contributed by atoms with Gasteiger partial charge in [0.05, 0.1) is 20.6 Å². The number of benzene rings is 3. The summed E-state index contributed by atoms with van der Waals surface area (Å²) in [6.07, 6.45) is 0. The number of hydrogen-bond donors (Lipinski definition) is 3. The van der Waals surface area contributed by atoms with Crippen molar-refractivity contribution in [2.24, 2.45) is 19.6 Å². The number of halogens is 3. The van der Waals surface area contributed by atoms with Gasteiger partial charge in [0.1, 0.15) is 15.1 Å². The van der Waals surface area contributed by atoms with Crippen molar-refractivity contribution >= 4 is 87.4 Å². The Kier molecular flexibility index (Phi) is 7.69. The summed E-state index contributed by atoms with van der Waals surface area (Å²) < 4.78 is 83.5. The molecule has 0 saturated carbocycles. The molecule has 12 nitrogen and oxygen atoms in total. The SMILES string of the molecule is Cc1ccc(S(=O)(=O)N/N=c2\c(C)c(C3=Nc4cc(Cl)c(S(N)(=O)=O)cc4S(=O)(O)=N3)oc3c(Cl)cc(Cl)cc23)cc1. The van der Waals surface area contributed by atoms with Gasteiger partial charge >= 0.3 is 0 Å². The van der Waals surface area contributed by atoms with E-state index >= 15 is 0 Å². The van der Waals surface area contributed by atoms with Gasteiger partial charge in [-0.05, 0) is 50.2 Å². The summed E-state index contributed by atoms with van der Waals surface area (Å²) in [5.41, 5.74) is 0.805. The van der Waals surface area contributed by atoms with Gasteiger partial charge in [-0.15, -0.1) is 4.36 Å². The lowest BCUT2D eigenvalue weighted by atomic mass is 10.1. The minimum Gasteiger partial charge on any atom is -0.451 e. The maximum absolute atomic E-state index is 13.2. The molecule has 220 valence electrons. The summed E-state index contributed by atoms with van der Waals surface area (Å²) in [7, 11) is -12.8. The van der Waals surface area contributed by atoms with Crippen LogP contribution in [0.25, 0.3) is 11.0 Å². The van der Waals surface area contributed by atoms with E-state index < -0.39 is 45.7 Å². The molecule has 1 aliphatic heterocycles. The molecular weight excluding hydrogens is 673 g/mol. The number of hydrogen-bond acceptors (Lipinski definition) is 9. The van der Waals surface area contributed by atoms with E-state index in [-0.39, 0.29) is 53.3 Å². The Morgan fingerprint density at radius 2 is 1.67 bits per heavy atom. The number of fused-ring (bicyclic) bond motifs is 2. The van der Waals surface area contributed by atoms with E-state index in [0.29, 0.717) is 0 Å². The van der Waals surface area contributed by atoms with E-state index in [0.717, 1.165) is 17.7 Å². The molecule has 0 saturated heterocycles. The van der Waals surface area contributed by atoms with Crippen LogP contribution in [0.5, 0.6) is 0 Å². The van der Waals surface area contributed by atoms with Gasteiger partial charge in [0, 0.05) is 16.0 Å². The maximum Gasteiger partial charge on any atom is 0.276 e. The van der Waals surface area contributed by atoms with Crippen LogP contribution >= 0.6 is 34.8 Å². The van der Waals surface area contributed by atoms with Crippen molar-refractivity contribution in [2.75, 3.05) is 0 Å². The minimum absolute atomic E-state index is 0.00192. The molecule has 0 aliphatic carbocycles. The molecule has 0 spiro atoms. The molecule has 1 unspecified atom stereocenters. The number of primary sulfonamides is 1. The lowest BCUT2D eigenvalue weighted by Gasteiger charge is -2.17. The van der Waals surface area contributed by atoms with E-state index in [1.807, 2.05) is 0 Å². The first kappa shape index (κ1) is 30.4. The second-order valence-electron chi connectivity index (χ2n) is 9.01. The molecule has 0 fully saturated rings. The number of nitrogens with zero attached hydrogens (tertiary/aromatic N) is 3. The van der Waals surface area contributed by atoms with Crippen molar-refractivity contribution in [1.82, 2.24) is 4.83 Å². The Bertz CT molecular complexity index is 2280. The minimum atomic E-state index is -4.34. The van der Waals surface area contributed by atoms with Crippen molar-refractivity contribution in [2.45, 2.75) is 28.5 Å². The maximum atomic E-state index is 13.2. The first-order valence-corrected chi connectivity index (χ1v) is 17.1. The molecule has 2 heterocycles. The van der Waals surface area contributed by atoms with E-state index in [1.54, 1.807) is 19.1 Å². The van der Waals surface area contributed by atoms with Gasteiger partial charge in [0.15, 0.2) is 21.4 Å². The molecular formula is C24H18Cl3N5O7S3. The number of rotatable bonds is 5. The third-order valence-electron chi connectivity index (χ3n) is 6.02. The summed E-state index contributed by atoms with van der Waals surface area (Å²) in [5, 5.41) is 9.37. The fourth-order valence-corrected chi connectivity index (χ4v) is 7.61. The van der Waals surface area contributed by atoms with Crippen molar-refractivity contribution in [3.05, 3.63) is 85.8 Å². The third kappa shape index (κ3) is 5.66. The van der Waals surface area contributed by atoms with Crippen molar-refractivity contribution in [1.29, 1.82) is 0 Å². The molecule has 3 aromatic carbocycles. The topological polar surface area (TPSA) is 194 Å². The van der Waals surface area contributed by atoms with Crippen LogP contribution in [0.1, 0.15) is 16.9 Å². The van der Waals surface area contributed by atoms with Crippen LogP contribution in [0, 0.1) is 13.8 Å². The zero-order valence-electron chi connectivity index (χ0n) is 21.3. The summed E-state index contributed by atoms with van der Waals surface area (Å²) in [4.78, 5) is 5.36. The number of aryl methyl sites for hydroxylation is 1. The van der Waals surface area contributed by atoms with Crippen LogP contribution in [0.2, 0.25) is 15.1 Å². The third-order valence-corrected chi connectivity index (χ3v) is 10.4. The second kappa shape index (κ2) is 10.6. The summed E-state index contributed by atoms with van der Waals surface area (Å²) >= 11 is 18.7. The highest BCUT2D eigenvalue weighted by Gasteiger charge is 2.29. The zero-order valence-corrected chi connectivity index (χ0v) is 26.0. The van der Waals surface area contributed by atoms with Gasteiger partial charge in [0.25, 0.3) is 10.0 Å². The Morgan fingerprint density at radius 3 is 2.31 bits per heavy atom. The summed E-state index contributed by atoms with van der Waals surface area (Å²) in [6.45, 7) is 3.29. The van der Waals surface area contributed by atoms with Crippen molar-refractivity contribution in [3.63, 3.8) is 0 Å². The van der Waals surface area contributed by atoms with E-state index in [9.17, 15) is 25.6 Å². The Labute approximate surface area is 254 Å². The first-order chi connectivity index (χ1) is 19.5. The number of nitrogens with one attached hydrogen (secondary N) is 1. The quantitative estimate of drug-likeness (QED) is 0.249. The standard InChI is InChI=1S/C24H18Cl3N5O7S3/c1-11-3-5-14(6-4-11)41(35,36)32-30-21-12(2)22(39-23-15(21)7-13(25)8-17(23)27)24-29-18-9-16(26)19(40(28,33)34)10-20(18)42(37,38)31-24/h3-10,32H,1-2H3,(H2,28,33,34)(H,29,31,37,38)/b30-21+. The fraction of sp³-hybridized carbons (Fsp3) is 0.0833. The van der Waals surface area contributed by atoms with Gasteiger partial charge in [0.2, 0.25) is 15.9 Å². The number of amidine groups is 1. The predicted octanol–water partition coefficient (Wildman–Crippen LogP) is 4.84. The number of sulfonamides is 2. The second-order valence-corrected chi connectivity index (χ2v) is 15.1. The van der Waals surface area contributed by atoms with Crippen LogP contribution in [-0.4, -0.2) is 31.4 Å². The molecule has 42 heavy (non-hydrogen) atoms. The lowest BCUT2D eigenvalue weighted by Crippen LogP contribution is -2.24. The molecule has 18 heteroatoms. The normalized spacial score (nSPS) is 17.5. The molecule has 4 aromatic rings. The van der Waals surface area contributed by atoms with E-state index in [4.69, 9.17) is 44.4 Å². The fourth-order valence-electron chi connectivity index (χ4n) is 4.00. The Balaban J connectivity index is 1.77. The van der Waals surface area contributed by atoms with Gasteiger partial charge in [-0.2, -0.15) is 18.4 Å². The van der Waals surface area contributed by atoms with Crippen LogP contribution in [-0.2, 0) is 30.1 Å². The van der Waals surface area contributed by atoms with Crippen molar-refractivity contribution < 1.29 is 30.0 Å². The summed E-state index contributed by atoms with van der Waals surface area (Å²) in [6, 6.07) is 10.8. The number of nitrogens with two attached hydrogens (primary N) is 1. The van der Waals surface area contributed by atoms with Gasteiger partial charge in [-0.25, -0.2) is 22.8 Å². The van der Waals surface area contributed by atoms with Gasteiger partial charge < -0.3 is 4.42 Å². The van der Waals surface area contributed by atoms with E-state index in [1.165, 1.54) is 31.2 Å². The van der Waals surface area contributed by atoms with Crippen LogP contribution < -0.4 is 15.3 Å². The van der Waals surface area contributed by atoms with Gasteiger partial charge in [-0.1, -0.05) is 52.5 Å². The molecule has 1 aromatic heterocycles. The molecule has 0 bridgehead atoms. The molecule has 0 radical (unpaired) electrons. The lowest BCUT2D eigenvalue weighted by molar-refractivity contribution is 0.550. The Hall–Kier alpha value is -3.02. The van der Waals surface area contributed by atoms with Crippen LogP contribution in [0.4, 0.5) is 5.69 Å². The number of aliphatic imine (C=N–C) groups is 1. The molecule has 4 N–H and O–H groups in total. The first-order valence-electron chi connectivity index (χ1n) is 11.5. The highest BCUT2D eigenvalue weighted by molar-refractivity contribution is 7.90. The smallest absolute Gasteiger partial charge is 0.276 e. The molecule has 1 atom stereocenters. The predicted molar refractivity (Wildman–Crippen MR) is 159 cm³/mol. The van der Waals surface area contributed by atoms with E-state index in [2.05, 4.69) is 19.3 Å². The highest BCUT2D eigenvalue weighted by Crippen LogP contribution is 2.37. The molecule has 5 rings (SSSR count). The largest absolute Gasteiger partial charge is 0.451 e. The molecule has 1 aliphatic rings. The van der Waals surface area contributed by atoms with Crippen LogP contribution in [0.3, 0.4) is 0 Å². The van der Waals surface area contributed by atoms with Crippen LogP contribution in [0.15, 0.2) is 82.1 Å². The van der Waals surface area contributed by atoms with Crippen molar-refractivity contribution in [3.8, 4) is 0 Å². The average molecular weight is 691 g/mol. The highest BCUT2D eigenvalue weighted by atomic mass is 35.5. The monoisotopic (exact) mass is 689 g/mol. The summed E-state index contributed by atoms with van der Waals surface area (Å²) in [5.74, 6) is -0.600. The Morgan fingerprint density at radius 1 is 1.00 bits per heavy atom.